The van der Waals surface area contributed by atoms with Crippen LogP contribution in [0.3, 0.4) is 0 Å². The third kappa shape index (κ3) is 2.86. The average molecular weight is 304 g/mol. The van der Waals surface area contributed by atoms with Gasteiger partial charge in [-0.05, 0) is 11.4 Å². The number of carbonyl (C=O) groups is 1. The lowest BCUT2D eigenvalue weighted by atomic mass is 10.3. The van der Waals surface area contributed by atoms with Gasteiger partial charge in [-0.3, -0.25) is 4.79 Å². The summed E-state index contributed by atoms with van der Waals surface area (Å²) in [6.45, 7) is 0.220. The minimum atomic E-state index is -0.388. The van der Waals surface area contributed by atoms with E-state index in [1.54, 1.807) is 22.1 Å². The van der Waals surface area contributed by atoms with E-state index in [1.807, 2.05) is 17.5 Å². The molecule has 0 saturated carbocycles. The number of rotatable bonds is 5. The van der Waals surface area contributed by atoms with Crippen LogP contribution in [0.25, 0.3) is 10.6 Å². The summed E-state index contributed by atoms with van der Waals surface area (Å²) in [6, 6.07) is 7.11. The number of nitrogens with one attached hydrogen (secondary N) is 1. The van der Waals surface area contributed by atoms with Crippen molar-refractivity contribution >= 4 is 23.1 Å². The second-order valence-electron chi connectivity index (χ2n) is 4.18. The molecule has 0 aliphatic rings. The lowest BCUT2D eigenvalue weighted by Gasteiger charge is -2.05. The van der Waals surface area contributed by atoms with E-state index in [4.69, 9.17) is 5.11 Å². The average Bonchev–Trinajstić information content (AvgIpc) is 3.21. The molecule has 3 rings (SSSR count). The lowest BCUT2D eigenvalue weighted by molar-refractivity contribution is 0.101. The fourth-order valence-corrected chi connectivity index (χ4v) is 2.52. The number of amides is 1. The summed E-state index contributed by atoms with van der Waals surface area (Å²) >= 11 is 1.55. The number of aromatic nitrogens is 3. The van der Waals surface area contributed by atoms with Gasteiger partial charge in [0.25, 0.3) is 5.91 Å². The Labute approximate surface area is 123 Å². The number of thiophene rings is 1. The lowest BCUT2D eigenvalue weighted by Crippen LogP contribution is -2.16. The van der Waals surface area contributed by atoms with E-state index < -0.39 is 0 Å². The Hall–Kier alpha value is -2.45. The molecule has 108 valence electrons. The number of nitrogens with zero attached hydrogens (tertiary/aromatic N) is 3. The highest BCUT2D eigenvalue weighted by molar-refractivity contribution is 7.13. The highest BCUT2D eigenvalue weighted by atomic mass is 32.1. The summed E-state index contributed by atoms with van der Waals surface area (Å²) < 4.78 is 6.19. The molecule has 0 saturated heterocycles. The summed E-state index contributed by atoms with van der Waals surface area (Å²) in [4.78, 5) is 13.0. The predicted molar refractivity (Wildman–Crippen MR) is 77.1 cm³/mol. The van der Waals surface area contributed by atoms with Crippen molar-refractivity contribution in [1.82, 2.24) is 14.9 Å². The van der Waals surface area contributed by atoms with Gasteiger partial charge in [0.1, 0.15) is 17.8 Å². The quantitative estimate of drug-likeness (QED) is 0.750. The van der Waals surface area contributed by atoms with Gasteiger partial charge in [-0.2, -0.15) is 5.10 Å². The minimum absolute atomic E-state index is 0.0710. The Morgan fingerprint density at radius 2 is 2.38 bits per heavy atom. The van der Waals surface area contributed by atoms with E-state index in [9.17, 15) is 4.79 Å². The molecule has 0 spiro atoms. The molecule has 0 bridgehead atoms. The van der Waals surface area contributed by atoms with E-state index in [0.717, 1.165) is 10.6 Å². The van der Waals surface area contributed by atoms with Gasteiger partial charge in [-0.1, -0.05) is 11.2 Å². The van der Waals surface area contributed by atoms with Gasteiger partial charge >= 0.3 is 0 Å². The first-order valence-corrected chi connectivity index (χ1v) is 7.10. The van der Waals surface area contributed by atoms with Crippen LogP contribution in [-0.2, 0) is 6.54 Å². The van der Waals surface area contributed by atoms with E-state index in [-0.39, 0.29) is 18.2 Å². The smallest absolute Gasteiger partial charge is 0.278 e. The van der Waals surface area contributed by atoms with Gasteiger partial charge in [-0.15, -0.1) is 11.3 Å². The SMILES string of the molecule is O=C(Nc1cc(-c2cccs2)nn1CCO)c1ccon1. The van der Waals surface area contributed by atoms with E-state index in [2.05, 4.69) is 20.1 Å². The number of hydrogen-bond acceptors (Lipinski definition) is 6. The van der Waals surface area contributed by atoms with Gasteiger partial charge in [0, 0.05) is 12.1 Å². The van der Waals surface area contributed by atoms with Gasteiger partial charge in [0.2, 0.25) is 0 Å². The molecule has 0 aliphatic carbocycles. The minimum Gasteiger partial charge on any atom is -0.394 e. The second kappa shape index (κ2) is 5.90. The molecule has 0 radical (unpaired) electrons. The zero-order valence-electron chi connectivity index (χ0n) is 10.9. The summed E-state index contributed by atoms with van der Waals surface area (Å²) in [5.41, 5.74) is 0.929. The van der Waals surface area contributed by atoms with Gasteiger partial charge in [0.15, 0.2) is 5.69 Å². The molecule has 3 aromatic rings. The number of carbonyl (C=O) groups excluding carboxylic acids is 1. The molecule has 7 nitrogen and oxygen atoms in total. The van der Waals surface area contributed by atoms with Crippen LogP contribution in [0.2, 0.25) is 0 Å². The van der Waals surface area contributed by atoms with Crippen molar-refractivity contribution in [1.29, 1.82) is 0 Å². The standard InChI is InChI=1S/C13H12N4O3S/c18-5-4-17-12(14-13(19)9-3-6-20-16-9)8-10(15-17)11-2-1-7-21-11/h1-3,6-8,18H,4-5H2,(H,14,19). The maximum Gasteiger partial charge on any atom is 0.278 e. The van der Waals surface area contributed by atoms with Crippen LogP contribution < -0.4 is 5.32 Å². The zero-order valence-corrected chi connectivity index (χ0v) is 11.7. The molecule has 0 aromatic carbocycles. The Morgan fingerprint density at radius 3 is 3.05 bits per heavy atom. The van der Waals surface area contributed by atoms with E-state index >= 15 is 0 Å². The molecule has 0 aliphatic heterocycles. The summed E-state index contributed by atoms with van der Waals surface area (Å²) in [5, 5.41) is 21.7. The van der Waals surface area contributed by atoms with Crippen LogP contribution in [0.15, 0.2) is 40.4 Å². The van der Waals surface area contributed by atoms with Crippen molar-refractivity contribution in [2.45, 2.75) is 6.54 Å². The number of anilines is 1. The molecule has 0 unspecified atom stereocenters. The first-order chi connectivity index (χ1) is 10.3. The summed E-state index contributed by atoms with van der Waals surface area (Å²) in [7, 11) is 0. The molecule has 21 heavy (non-hydrogen) atoms. The Kier molecular flexibility index (Phi) is 3.80. The molecular weight excluding hydrogens is 292 g/mol. The predicted octanol–water partition coefficient (Wildman–Crippen LogP) is 1.84. The van der Waals surface area contributed by atoms with Crippen molar-refractivity contribution in [3.8, 4) is 10.6 Å². The summed E-state index contributed by atoms with van der Waals surface area (Å²) in [6.07, 6.45) is 1.33. The third-order valence-electron chi connectivity index (χ3n) is 2.78. The molecule has 0 fully saturated rings. The Balaban J connectivity index is 1.88. The molecule has 0 atom stereocenters. The van der Waals surface area contributed by atoms with Crippen LogP contribution in [0.5, 0.6) is 0 Å². The molecular formula is C13H12N4O3S. The second-order valence-corrected chi connectivity index (χ2v) is 5.13. The highest BCUT2D eigenvalue weighted by Gasteiger charge is 2.15. The molecule has 2 N–H and O–H groups in total. The van der Waals surface area contributed by atoms with Gasteiger partial charge in [0.05, 0.1) is 18.0 Å². The monoisotopic (exact) mass is 304 g/mol. The highest BCUT2D eigenvalue weighted by Crippen LogP contribution is 2.26. The topological polar surface area (TPSA) is 93.2 Å². The normalized spacial score (nSPS) is 10.7. The van der Waals surface area contributed by atoms with Crippen LogP contribution in [0.1, 0.15) is 10.5 Å². The zero-order chi connectivity index (χ0) is 14.7. The number of hydrogen-bond donors (Lipinski definition) is 2. The van der Waals surface area contributed by atoms with Crippen molar-refractivity contribution < 1.29 is 14.4 Å². The molecule has 1 amide bonds. The van der Waals surface area contributed by atoms with Crippen molar-refractivity contribution in [2.75, 3.05) is 11.9 Å². The maximum atomic E-state index is 12.0. The molecule has 3 aromatic heterocycles. The first kappa shape index (κ1) is 13.5. The van der Waals surface area contributed by atoms with Gasteiger partial charge < -0.3 is 14.9 Å². The van der Waals surface area contributed by atoms with Crippen LogP contribution >= 0.6 is 11.3 Å². The Morgan fingerprint density at radius 1 is 1.48 bits per heavy atom. The van der Waals surface area contributed by atoms with E-state index in [0.29, 0.717) is 12.4 Å². The number of aliphatic hydroxyl groups excluding tert-OH is 1. The fraction of sp³-hybridized carbons (Fsp3) is 0.154. The van der Waals surface area contributed by atoms with Crippen LogP contribution in [0, 0.1) is 0 Å². The Bertz CT molecular complexity index is 719. The fourth-order valence-electron chi connectivity index (χ4n) is 1.84. The van der Waals surface area contributed by atoms with Crippen LogP contribution in [0.4, 0.5) is 5.82 Å². The molecule has 8 heteroatoms. The van der Waals surface area contributed by atoms with Crippen LogP contribution in [-0.4, -0.2) is 32.6 Å². The maximum absolute atomic E-state index is 12.0. The molecule has 3 heterocycles. The first-order valence-electron chi connectivity index (χ1n) is 6.22. The van der Waals surface area contributed by atoms with Crippen molar-refractivity contribution in [3.05, 3.63) is 41.6 Å². The summed E-state index contributed by atoms with van der Waals surface area (Å²) in [5.74, 6) is 0.112. The van der Waals surface area contributed by atoms with Gasteiger partial charge in [-0.25, -0.2) is 4.68 Å². The van der Waals surface area contributed by atoms with E-state index in [1.165, 1.54) is 12.3 Å². The third-order valence-corrected chi connectivity index (χ3v) is 3.67. The van der Waals surface area contributed by atoms with Crippen molar-refractivity contribution in [2.24, 2.45) is 0 Å². The van der Waals surface area contributed by atoms with Crippen molar-refractivity contribution in [3.63, 3.8) is 0 Å². The number of aliphatic hydroxyl groups is 1. The largest absolute Gasteiger partial charge is 0.394 e.